The fraction of sp³-hybridized carbons (Fsp3) is 0. The van der Waals surface area contributed by atoms with E-state index in [0.717, 1.165) is 117 Å². The van der Waals surface area contributed by atoms with Gasteiger partial charge in [0.2, 0.25) is 0 Å². The van der Waals surface area contributed by atoms with E-state index in [2.05, 4.69) is 340 Å². The van der Waals surface area contributed by atoms with Gasteiger partial charge in [0, 0.05) is 36.9 Å². The van der Waals surface area contributed by atoms with Gasteiger partial charge in [-0.1, -0.05) is 309 Å². The van der Waals surface area contributed by atoms with E-state index in [1.807, 2.05) is 47.7 Å². The minimum Gasteiger partial charge on any atom is -0.228 e. The van der Waals surface area contributed by atoms with Crippen molar-refractivity contribution in [3.63, 3.8) is 0 Å². The van der Waals surface area contributed by atoms with Gasteiger partial charge in [0.25, 0.3) is 0 Å². The molecule has 17 rings (SSSR count). The van der Waals surface area contributed by atoms with Gasteiger partial charge in [-0.25, -0.2) is 9.97 Å². The predicted octanol–water partition coefficient (Wildman–Crippen LogP) is 26.1. The summed E-state index contributed by atoms with van der Waals surface area (Å²) in [5.41, 5.74) is 30.4. The minimum atomic E-state index is 0.627. The third-order valence-corrected chi connectivity index (χ3v) is 20.2. The number of nitrogens with zero attached hydrogens (tertiary/aromatic N) is 3. The second-order valence-corrected chi connectivity index (χ2v) is 26.2. The molecule has 0 aliphatic carbocycles. The van der Waals surface area contributed by atoms with E-state index < -0.39 is 0 Å². The van der Waals surface area contributed by atoms with Crippen molar-refractivity contribution in [2.45, 2.75) is 0 Å². The van der Waals surface area contributed by atoms with Crippen molar-refractivity contribution in [2.24, 2.45) is 0 Å². The van der Waals surface area contributed by atoms with Gasteiger partial charge in [0.1, 0.15) is 0 Å². The number of hydrogen-bond acceptors (Lipinski definition) is 4. The monoisotopic (exact) mass is 1280 g/mol. The van der Waals surface area contributed by atoms with E-state index >= 15 is 0 Å². The lowest BCUT2D eigenvalue weighted by Gasteiger charge is -2.12. The zero-order chi connectivity index (χ0) is 66.0. The smallest absolute Gasteiger partial charge is 0.160 e. The Balaban J connectivity index is 0.581. The molecule has 0 spiro atoms. The summed E-state index contributed by atoms with van der Waals surface area (Å²) >= 11 is 1.87. The Labute approximate surface area is 580 Å². The number of hydrogen-bond donors (Lipinski definition) is 0. The van der Waals surface area contributed by atoms with Gasteiger partial charge in [0.15, 0.2) is 5.82 Å². The molecule has 462 valence electrons. The number of benzene rings is 15. The fourth-order valence-electron chi connectivity index (χ4n) is 13.7. The molecular formula is C95H61N3S. The lowest BCUT2D eigenvalue weighted by Crippen LogP contribution is -1.96. The average molecular weight is 1280 g/mol. The van der Waals surface area contributed by atoms with Crippen LogP contribution in [0.2, 0.25) is 0 Å². The van der Waals surface area contributed by atoms with Gasteiger partial charge >= 0.3 is 0 Å². The first-order chi connectivity index (χ1) is 48.9. The molecule has 2 aromatic heterocycles. The minimum absolute atomic E-state index is 0.627. The van der Waals surface area contributed by atoms with Crippen LogP contribution >= 0.6 is 11.3 Å². The summed E-state index contributed by atoms with van der Waals surface area (Å²) in [6, 6.07) is 135. The second kappa shape index (κ2) is 26.4. The highest BCUT2D eigenvalue weighted by Crippen LogP contribution is 2.42. The first-order valence-corrected chi connectivity index (χ1v) is 34.3. The first-order valence-electron chi connectivity index (χ1n) is 33.4. The number of nitriles is 1. The van der Waals surface area contributed by atoms with Crippen molar-refractivity contribution < 1.29 is 0 Å². The van der Waals surface area contributed by atoms with Crippen molar-refractivity contribution in [1.29, 1.82) is 5.26 Å². The highest BCUT2D eigenvalue weighted by molar-refractivity contribution is 7.26. The van der Waals surface area contributed by atoms with E-state index in [1.54, 1.807) is 0 Å². The van der Waals surface area contributed by atoms with Crippen LogP contribution in [0.15, 0.2) is 370 Å². The molecule has 0 amide bonds. The molecule has 0 radical (unpaired) electrons. The number of thiophene rings is 1. The standard InChI is InChI=1S/C95H61N3S/c96-62-63-53-86(60-87(54-63)83-26-11-23-80(57-83)66-35-33-65(34-36-66)64-15-3-1-4-16-64)73-47-45-69(46-48-73)78-21-9-19-76(55-78)67-37-39-68(40-38-67)77-20-10-22-79(56-77)72-49-51-74(52-50-72)91-61-92(98-95(97-91)75-17-5-2-6-18-75)85-28-13-25-82(59-85)71-43-41-70(42-44-71)81-24-12-27-84(58-81)88-30-14-31-90-89-29-7-8-32-93(89)99-94(88)90/h1-61H. The maximum absolute atomic E-state index is 10.2. The predicted molar refractivity (Wildman–Crippen MR) is 416 cm³/mol. The summed E-state index contributed by atoms with van der Waals surface area (Å²) in [6.07, 6.45) is 0. The summed E-state index contributed by atoms with van der Waals surface area (Å²) in [5, 5.41) is 12.8. The van der Waals surface area contributed by atoms with Crippen LogP contribution in [0.4, 0.5) is 0 Å². The molecule has 0 saturated carbocycles. The van der Waals surface area contributed by atoms with E-state index in [9.17, 15) is 5.26 Å². The molecule has 0 bridgehead atoms. The molecular weight excluding hydrogens is 1220 g/mol. The molecule has 0 aliphatic rings. The van der Waals surface area contributed by atoms with Gasteiger partial charge in [-0.3, -0.25) is 0 Å². The molecule has 3 nitrogen and oxygen atoms in total. The Morgan fingerprint density at radius 3 is 0.970 bits per heavy atom. The molecule has 0 aliphatic heterocycles. The summed E-state index contributed by atoms with van der Waals surface area (Å²) in [4.78, 5) is 10.4. The highest BCUT2D eigenvalue weighted by atomic mass is 32.1. The maximum Gasteiger partial charge on any atom is 0.160 e. The first kappa shape index (κ1) is 59.8. The largest absolute Gasteiger partial charge is 0.228 e. The quantitative estimate of drug-likeness (QED) is 0.109. The number of aromatic nitrogens is 2. The molecule has 0 atom stereocenters. The lowest BCUT2D eigenvalue weighted by molar-refractivity contribution is 1.18. The Morgan fingerprint density at radius 1 is 0.212 bits per heavy atom. The van der Waals surface area contributed by atoms with Crippen LogP contribution < -0.4 is 0 Å². The normalized spacial score (nSPS) is 11.2. The molecule has 2 heterocycles. The second-order valence-electron chi connectivity index (χ2n) is 25.2. The maximum atomic E-state index is 10.2. The fourth-order valence-corrected chi connectivity index (χ4v) is 14.9. The number of rotatable bonds is 14. The van der Waals surface area contributed by atoms with E-state index in [4.69, 9.17) is 9.97 Å². The van der Waals surface area contributed by atoms with E-state index in [1.165, 1.54) is 53.6 Å². The topological polar surface area (TPSA) is 49.6 Å². The average Bonchev–Trinajstić information content (AvgIpc) is 1.64. The number of fused-ring (bicyclic) bond motifs is 3. The molecule has 0 unspecified atom stereocenters. The van der Waals surface area contributed by atoms with Crippen LogP contribution in [0.5, 0.6) is 0 Å². The SMILES string of the molecule is N#Cc1cc(-c2ccc(-c3cccc(-c4ccc(-c5cccc(-c6ccc(-c7cc(-c8cccc(-c9ccc(-c%10cccc(-c%11cccc%12c%11sc%11ccccc%11%12)c%10)cc9)c8)nc(-c8ccccc8)n7)cc6)c5)cc4)c3)cc2)cc(-c2cccc(-c3ccc(-c4ccccc4)cc3)c2)c1. The van der Waals surface area contributed by atoms with Crippen molar-refractivity contribution >= 4 is 31.5 Å². The summed E-state index contributed by atoms with van der Waals surface area (Å²) in [6.45, 7) is 0. The van der Waals surface area contributed by atoms with Gasteiger partial charge in [-0.05, 0) is 183 Å². The Hall–Kier alpha value is -12.9. The molecule has 99 heavy (non-hydrogen) atoms. The van der Waals surface area contributed by atoms with Gasteiger partial charge < -0.3 is 0 Å². The van der Waals surface area contributed by atoms with Crippen LogP contribution in [0.3, 0.4) is 0 Å². The molecule has 0 N–H and O–H groups in total. The van der Waals surface area contributed by atoms with Crippen LogP contribution in [-0.4, -0.2) is 9.97 Å². The zero-order valence-electron chi connectivity index (χ0n) is 54.0. The van der Waals surface area contributed by atoms with Crippen LogP contribution in [-0.2, 0) is 0 Å². The Kier molecular flexibility index (Phi) is 15.9. The van der Waals surface area contributed by atoms with Gasteiger partial charge in [-0.2, -0.15) is 5.26 Å². The van der Waals surface area contributed by atoms with Crippen LogP contribution in [0.25, 0.3) is 176 Å². The van der Waals surface area contributed by atoms with Crippen molar-refractivity contribution in [3.8, 4) is 162 Å². The van der Waals surface area contributed by atoms with Crippen LogP contribution in [0, 0.1) is 11.3 Å². The Morgan fingerprint density at radius 2 is 0.505 bits per heavy atom. The van der Waals surface area contributed by atoms with E-state index in [-0.39, 0.29) is 0 Å². The van der Waals surface area contributed by atoms with Gasteiger partial charge in [0.05, 0.1) is 23.0 Å². The zero-order valence-corrected chi connectivity index (χ0v) is 54.8. The highest BCUT2D eigenvalue weighted by Gasteiger charge is 2.16. The Bertz CT molecular complexity index is 5870. The molecule has 0 saturated heterocycles. The third-order valence-electron chi connectivity index (χ3n) is 19.0. The summed E-state index contributed by atoms with van der Waals surface area (Å²) < 4.78 is 2.64. The van der Waals surface area contributed by atoms with Crippen molar-refractivity contribution in [3.05, 3.63) is 376 Å². The third kappa shape index (κ3) is 12.4. The van der Waals surface area contributed by atoms with Gasteiger partial charge in [-0.15, -0.1) is 11.3 Å². The molecule has 17 aromatic rings. The lowest BCUT2D eigenvalue weighted by atomic mass is 9.93. The van der Waals surface area contributed by atoms with Crippen molar-refractivity contribution in [2.75, 3.05) is 0 Å². The summed E-state index contributed by atoms with van der Waals surface area (Å²) in [7, 11) is 0. The van der Waals surface area contributed by atoms with Crippen molar-refractivity contribution in [1.82, 2.24) is 9.97 Å². The summed E-state index contributed by atoms with van der Waals surface area (Å²) in [5.74, 6) is 0.681. The van der Waals surface area contributed by atoms with E-state index in [0.29, 0.717) is 11.4 Å². The molecule has 15 aromatic carbocycles. The van der Waals surface area contributed by atoms with Crippen LogP contribution in [0.1, 0.15) is 5.56 Å². The molecule has 0 fully saturated rings. The molecule has 4 heteroatoms.